The molecule has 2 aliphatic rings. The van der Waals surface area contributed by atoms with Gasteiger partial charge < -0.3 is 16.0 Å². The summed E-state index contributed by atoms with van der Waals surface area (Å²) < 4.78 is 0. The van der Waals surface area contributed by atoms with Crippen LogP contribution in [0.5, 0.6) is 0 Å². The van der Waals surface area contributed by atoms with Gasteiger partial charge in [-0.1, -0.05) is 24.1 Å². The highest BCUT2D eigenvalue weighted by Crippen LogP contribution is 2.33. The summed E-state index contributed by atoms with van der Waals surface area (Å²) in [6, 6.07) is 5.97. The lowest BCUT2D eigenvalue weighted by Gasteiger charge is -2.16. The Morgan fingerprint density at radius 3 is 3.04 bits per heavy atom. The zero-order valence-corrected chi connectivity index (χ0v) is 15.2. The minimum Gasteiger partial charge on any atom is -0.332 e. The molecule has 5 nitrogen and oxygen atoms in total. The monoisotopic (exact) mass is 367 g/mol. The number of amides is 3. The molecular weight excluding hydrogens is 346 g/mol. The van der Waals surface area contributed by atoms with Crippen molar-refractivity contribution in [3.8, 4) is 0 Å². The second-order valence-corrected chi connectivity index (χ2v) is 8.01. The van der Waals surface area contributed by atoms with E-state index in [0.29, 0.717) is 16.7 Å². The number of benzene rings is 1. The molecule has 3 atom stereocenters. The molecule has 24 heavy (non-hydrogen) atoms. The Bertz CT molecular complexity index is 640. The molecule has 2 aliphatic heterocycles. The fourth-order valence-electron chi connectivity index (χ4n) is 3.23. The van der Waals surface area contributed by atoms with Crippen LogP contribution in [0, 0.1) is 6.92 Å². The summed E-state index contributed by atoms with van der Waals surface area (Å²) in [5.41, 5.74) is 1.67. The van der Waals surface area contributed by atoms with Crippen molar-refractivity contribution in [1.29, 1.82) is 0 Å². The van der Waals surface area contributed by atoms with Crippen molar-refractivity contribution < 1.29 is 9.59 Å². The van der Waals surface area contributed by atoms with Crippen molar-refractivity contribution in [2.45, 2.75) is 49.9 Å². The largest absolute Gasteiger partial charge is 0.332 e. The van der Waals surface area contributed by atoms with Crippen LogP contribution in [-0.4, -0.2) is 35.0 Å². The van der Waals surface area contributed by atoms with Crippen molar-refractivity contribution in [2.24, 2.45) is 0 Å². The number of urea groups is 1. The number of nitrogens with one attached hydrogen (secondary N) is 3. The second-order valence-electron chi connectivity index (χ2n) is 6.33. The maximum absolute atomic E-state index is 12.1. The number of anilines is 1. The molecule has 0 aromatic heterocycles. The van der Waals surface area contributed by atoms with E-state index in [2.05, 4.69) is 16.0 Å². The fraction of sp³-hybridized carbons (Fsp3) is 0.529. The lowest BCUT2D eigenvalue weighted by atomic mass is 10.0. The van der Waals surface area contributed by atoms with Crippen LogP contribution in [0.15, 0.2) is 18.2 Å². The molecule has 3 amide bonds. The van der Waals surface area contributed by atoms with Gasteiger partial charge in [0, 0.05) is 28.1 Å². The van der Waals surface area contributed by atoms with Gasteiger partial charge in [0.1, 0.15) is 0 Å². The smallest absolute Gasteiger partial charge is 0.315 e. The number of thioether (sulfide) groups is 1. The van der Waals surface area contributed by atoms with E-state index in [0.717, 1.165) is 36.3 Å². The third-order valence-corrected chi connectivity index (χ3v) is 6.54. The van der Waals surface area contributed by atoms with Gasteiger partial charge in [0.25, 0.3) is 0 Å². The van der Waals surface area contributed by atoms with Crippen molar-refractivity contribution in [2.75, 3.05) is 11.1 Å². The summed E-state index contributed by atoms with van der Waals surface area (Å²) in [5, 5.41) is 9.98. The highest BCUT2D eigenvalue weighted by atomic mass is 35.5. The van der Waals surface area contributed by atoms with Crippen molar-refractivity contribution >= 4 is 41.0 Å². The van der Waals surface area contributed by atoms with E-state index in [1.807, 2.05) is 36.9 Å². The standard InChI is InChI=1S/C17H22ClN3O2S/c1-10-11(18)5-4-6-12(10)19-15(22)8-3-2-7-14-16-13(9-24-14)20-17(23)21-16/h4-6,13-14,16H,2-3,7-9H2,1H3,(H,19,22)(H2,20,21,23)/t13-,14-,16+/m0/s1. The highest BCUT2D eigenvalue weighted by molar-refractivity contribution is 8.00. The first-order valence-corrected chi connectivity index (χ1v) is 9.71. The summed E-state index contributed by atoms with van der Waals surface area (Å²) in [4.78, 5) is 23.4. The Morgan fingerprint density at radius 2 is 2.21 bits per heavy atom. The zero-order valence-electron chi connectivity index (χ0n) is 13.6. The van der Waals surface area contributed by atoms with Gasteiger partial charge >= 0.3 is 6.03 Å². The number of hydrogen-bond donors (Lipinski definition) is 3. The Morgan fingerprint density at radius 1 is 1.38 bits per heavy atom. The molecule has 0 unspecified atom stereocenters. The molecule has 1 aromatic carbocycles. The van der Waals surface area contributed by atoms with Crippen molar-refractivity contribution in [3.05, 3.63) is 28.8 Å². The normalized spacial score (nSPS) is 25.1. The molecule has 2 fully saturated rings. The average Bonchev–Trinajstić information content (AvgIpc) is 3.08. The Hall–Kier alpha value is -1.40. The summed E-state index contributed by atoms with van der Waals surface area (Å²) in [6.07, 6.45) is 3.36. The molecule has 3 rings (SSSR count). The molecule has 0 spiro atoms. The highest BCUT2D eigenvalue weighted by Gasteiger charge is 2.42. The van der Waals surface area contributed by atoms with E-state index in [4.69, 9.17) is 11.6 Å². The predicted molar refractivity (Wildman–Crippen MR) is 98.8 cm³/mol. The van der Waals surface area contributed by atoms with Gasteiger partial charge in [0.05, 0.1) is 12.1 Å². The van der Waals surface area contributed by atoms with Crippen molar-refractivity contribution in [3.63, 3.8) is 0 Å². The molecule has 2 saturated heterocycles. The minimum absolute atomic E-state index is 0.0214. The molecule has 1 aromatic rings. The van der Waals surface area contributed by atoms with Gasteiger partial charge in [-0.3, -0.25) is 4.79 Å². The Kier molecular flexibility index (Phi) is 5.56. The van der Waals surface area contributed by atoms with Gasteiger partial charge in [-0.2, -0.15) is 11.8 Å². The molecule has 3 N–H and O–H groups in total. The number of unbranched alkanes of at least 4 members (excludes halogenated alkanes) is 1. The van der Waals surface area contributed by atoms with Gasteiger partial charge in [0.2, 0.25) is 5.91 Å². The summed E-state index contributed by atoms with van der Waals surface area (Å²) >= 11 is 7.97. The van der Waals surface area contributed by atoms with Crippen LogP contribution in [-0.2, 0) is 4.79 Å². The second kappa shape index (κ2) is 7.66. The molecular formula is C17H22ClN3O2S. The number of carbonyl (C=O) groups is 2. The summed E-state index contributed by atoms with van der Waals surface area (Å²) in [5.74, 6) is 0.996. The number of fused-ring (bicyclic) bond motifs is 1. The molecule has 2 heterocycles. The summed E-state index contributed by atoms with van der Waals surface area (Å²) in [6.45, 7) is 1.90. The Labute approximate surface area is 151 Å². The van der Waals surface area contributed by atoms with E-state index in [1.165, 1.54) is 0 Å². The van der Waals surface area contributed by atoms with Crippen LogP contribution in [0.3, 0.4) is 0 Å². The van der Waals surface area contributed by atoms with E-state index < -0.39 is 0 Å². The van der Waals surface area contributed by atoms with Crippen LogP contribution in [0.1, 0.15) is 31.2 Å². The van der Waals surface area contributed by atoms with Gasteiger partial charge in [0.15, 0.2) is 0 Å². The van der Waals surface area contributed by atoms with E-state index in [1.54, 1.807) is 0 Å². The predicted octanol–water partition coefficient (Wildman–Crippen LogP) is 3.31. The van der Waals surface area contributed by atoms with E-state index in [9.17, 15) is 9.59 Å². The molecule has 7 heteroatoms. The van der Waals surface area contributed by atoms with Crippen LogP contribution in [0.25, 0.3) is 0 Å². The minimum atomic E-state index is -0.0495. The van der Waals surface area contributed by atoms with Gasteiger partial charge in [-0.15, -0.1) is 0 Å². The van der Waals surface area contributed by atoms with Crippen LogP contribution in [0.2, 0.25) is 5.02 Å². The van der Waals surface area contributed by atoms with Gasteiger partial charge in [-0.05, 0) is 37.5 Å². The first kappa shape index (κ1) is 17.4. The fourth-order valence-corrected chi connectivity index (χ4v) is 4.95. The van der Waals surface area contributed by atoms with Crippen LogP contribution in [0.4, 0.5) is 10.5 Å². The third kappa shape index (κ3) is 3.98. The first-order valence-electron chi connectivity index (χ1n) is 8.28. The molecule has 130 valence electrons. The number of halogens is 1. The number of rotatable bonds is 6. The number of carbonyl (C=O) groups excluding carboxylic acids is 2. The third-order valence-electron chi connectivity index (χ3n) is 4.62. The lowest BCUT2D eigenvalue weighted by molar-refractivity contribution is -0.116. The quantitative estimate of drug-likeness (QED) is 0.533. The average molecular weight is 368 g/mol. The zero-order chi connectivity index (χ0) is 17.1. The first-order chi connectivity index (χ1) is 11.5. The molecule has 0 radical (unpaired) electrons. The topological polar surface area (TPSA) is 70.2 Å². The molecule has 0 aliphatic carbocycles. The van der Waals surface area contributed by atoms with E-state index >= 15 is 0 Å². The van der Waals surface area contributed by atoms with Crippen LogP contribution < -0.4 is 16.0 Å². The molecule has 0 saturated carbocycles. The lowest BCUT2D eigenvalue weighted by Crippen LogP contribution is -2.36. The number of hydrogen-bond acceptors (Lipinski definition) is 3. The van der Waals surface area contributed by atoms with Gasteiger partial charge in [-0.25, -0.2) is 4.79 Å². The van der Waals surface area contributed by atoms with Crippen LogP contribution >= 0.6 is 23.4 Å². The Balaban J connectivity index is 1.38. The summed E-state index contributed by atoms with van der Waals surface area (Å²) in [7, 11) is 0. The maximum atomic E-state index is 12.1. The van der Waals surface area contributed by atoms with Crippen molar-refractivity contribution in [1.82, 2.24) is 10.6 Å². The SMILES string of the molecule is Cc1c(Cl)cccc1NC(=O)CCCC[C@@H]1SC[C@@H]2NC(=O)N[C@H]21. The maximum Gasteiger partial charge on any atom is 0.315 e. The van der Waals surface area contributed by atoms with E-state index in [-0.39, 0.29) is 24.0 Å². The molecule has 0 bridgehead atoms.